The average Bonchev–Trinajstić information content (AvgIpc) is 2.37. The van der Waals surface area contributed by atoms with Crippen LogP contribution in [0.15, 0.2) is 6.07 Å². The van der Waals surface area contributed by atoms with Gasteiger partial charge >= 0.3 is 6.18 Å². The first kappa shape index (κ1) is 17.0. The van der Waals surface area contributed by atoms with E-state index >= 15 is 0 Å². The van der Waals surface area contributed by atoms with E-state index in [1.807, 2.05) is 13.8 Å². The molecule has 1 aromatic rings. The summed E-state index contributed by atoms with van der Waals surface area (Å²) in [6.45, 7) is 5.32. The number of rotatable bonds is 7. The molecule has 0 aliphatic rings. The van der Waals surface area contributed by atoms with Crippen LogP contribution < -0.4 is 4.90 Å². The van der Waals surface area contributed by atoms with Gasteiger partial charge in [0.25, 0.3) is 0 Å². The van der Waals surface area contributed by atoms with Crippen LogP contribution in [0, 0.1) is 0 Å². The molecule has 0 atom stereocenters. The Kier molecular flexibility index (Phi) is 6.52. The molecule has 0 aliphatic carbocycles. The first-order valence-electron chi connectivity index (χ1n) is 6.75. The number of halogens is 4. The Bertz CT molecular complexity index is 416. The summed E-state index contributed by atoms with van der Waals surface area (Å²) in [5.41, 5.74) is -0.995. The molecule has 7 heteroatoms. The summed E-state index contributed by atoms with van der Waals surface area (Å²) < 4.78 is 38.2. The van der Waals surface area contributed by atoms with Crippen LogP contribution in [-0.2, 0) is 6.18 Å². The number of anilines is 1. The standard InChI is InChI=1S/C13H19ClF3N3/c1-3-5-7-20(8-6-4-2)12-18-10(13(15,16)17)9-11(14)19-12/h9H,3-8H2,1-2H3. The van der Waals surface area contributed by atoms with Crippen LogP contribution in [0.2, 0.25) is 5.15 Å². The quantitative estimate of drug-likeness (QED) is 0.692. The summed E-state index contributed by atoms with van der Waals surface area (Å²) in [5, 5.41) is -0.180. The molecule has 0 saturated carbocycles. The first-order valence-corrected chi connectivity index (χ1v) is 7.13. The Morgan fingerprint density at radius 2 is 1.65 bits per heavy atom. The molecule has 0 spiro atoms. The average molecular weight is 310 g/mol. The van der Waals surface area contributed by atoms with Crippen molar-refractivity contribution in [3.8, 4) is 0 Å². The molecular formula is C13H19ClF3N3. The van der Waals surface area contributed by atoms with E-state index in [9.17, 15) is 13.2 Å². The predicted molar refractivity (Wildman–Crippen MR) is 74.1 cm³/mol. The lowest BCUT2D eigenvalue weighted by Gasteiger charge is -2.23. The van der Waals surface area contributed by atoms with Crippen molar-refractivity contribution in [2.45, 2.75) is 45.7 Å². The Morgan fingerprint density at radius 3 is 2.10 bits per heavy atom. The Morgan fingerprint density at radius 1 is 1.10 bits per heavy atom. The number of unbranched alkanes of at least 4 members (excludes halogenated alkanes) is 2. The minimum atomic E-state index is -4.51. The van der Waals surface area contributed by atoms with Gasteiger partial charge in [-0.3, -0.25) is 0 Å². The molecule has 0 N–H and O–H groups in total. The Labute approximate surface area is 122 Å². The van der Waals surface area contributed by atoms with E-state index in [1.165, 1.54) is 0 Å². The van der Waals surface area contributed by atoms with Gasteiger partial charge in [-0.1, -0.05) is 38.3 Å². The SMILES string of the molecule is CCCCN(CCCC)c1nc(Cl)cc(C(F)(F)F)n1. The second kappa shape index (κ2) is 7.67. The molecule has 0 bridgehead atoms. The topological polar surface area (TPSA) is 29.0 Å². The van der Waals surface area contributed by atoms with E-state index < -0.39 is 11.9 Å². The number of nitrogens with zero attached hydrogens (tertiary/aromatic N) is 3. The third kappa shape index (κ3) is 5.15. The Hall–Kier alpha value is -1.04. The molecule has 0 aromatic carbocycles. The van der Waals surface area contributed by atoms with Crippen LogP contribution in [0.1, 0.15) is 45.2 Å². The molecule has 1 aromatic heterocycles. The van der Waals surface area contributed by atoms with Crippen molar-refractivity contribution < 1.29 is 13.2 Å². The number of alkyl halides is 3. The van der Waals surface area contributed by atoms with Crippen molar-refractivity contribution in [2.24, 2.45) is 0 Å². The molecule has 1 rings (SSSR count). The maximum absolute atomic E-state index is 12.7. The molecule has 0 amide bonds. The summed E-state index contributed by atoms with van der Waals surface area (Å²) >= 11 is 5.69. The fourth-order valence-electron chi connectivity index (χ4n) is 1.70. The summed E-state index contributed by atoms with van der Waals surface area (Å²) in [6, 6.07) is 0.753. The lowest BCUT2D eigenvalue weighted by Crippen LogP contribution is -2.28. The minimum Gasteiger partial charge on any atom is -0.341 e. The van der Waals surface area contributed by atoms with Crippen molar-refractivity contribution in [3.05, 3.63) is 16.9 Å². The zero-order chi connectivity index (χ0) is 15.2. The van der Waals surface area contributed by atoms with Crippen molar-refractivity contribution in [3.63, 3.8) is 0 Å². The van der Waals surface area contributed by atoms with Gasteiger partial charge in [0.05, 0.1) is 0 Å². The maximum atomic E-state index is 12.7. The van der Waals surface area contributed by atoms with Gasteiger partial charge in [0.2, 0.25) is 5.95 Å². The van der Waals surface area contributed by atoms with Gasteiger partial charge in [0.15, 0.2) is 5.69 Å². The van der Waals surface area contributed by atoms with Gasteiger partial charge < -0.3 is 4.90 Å². The molecule has 0 unspecified atom stereocenters. The fraction of sp³-hybridized carbons (Fsp3) is 0.692. The van der Waals surface area contributed by atoms with E-state index in [0.717, 1.165) is 31.7 Å². The molecule has 1 heterocycles. The third-order valence-electron chi connectivity index (χ3n) is 2.82. The first-order chi connectivity index (χ1) is 9.38. The number of aromatic nitrogens is 2. The van der Waals surface area contributed by atoms with Crippen LogP contribution >= 0.6 is 11.6 Å². The highest BCUT2D eigenvalue weighted by Crippen LogP contribution is 2.30. The Balaban J connectivity index is 3.02. The molecule has 0 fully saturated rings. The van der Waals surface area contributed by atoms with E-state index in [4.69, 9.17) is 11.6 Å². The highest BCUT2D eigenvalue weighted by molar-refractivity contribution is 6.29. The predicted octanol–water partition coefficient (Wildman–Crippen LogP) is 4.56. The van der Waals surface area contributed by atoms with Crippen molar-refractivity contribution in [1.82, 2.24) is 9.97 Å². The van der Waals surface area contributed by atoms with Crippen LogP contribution in [0.5, 0.6) is 0 Å². The maximum Gasteiger partial charge on any atom is 0.433 e. The van der Waals surface area contributed by atoms with E-state index in [1.54, 1.807) is 4.90 Å². The van der Waals surface area contributed by atoms with Crippen LogP contribution in [-0.4, -0.2) is 23.1 Å². The summed E-state index contributed by atoms with van der Waals surface area (Å²) in [7, 11) is 0. The van der Waals surface area contributed by atoms with Crippen LogP contribution in [0.25, 0.3) is 0 Å². The third-order valence-corrected chi connectivity index (χ3v) is 3.01. The highest BCUT2D eigenvalue weighted by atomic mass is 35.5. The van der Waals surface area contributed by atoms with Crippen LogP contribution in [0.4, 0.5) is 19.1 Å². The van der Waals surface area contributed by atoms with Gasteiger partial charge in [-0.25, -0.2) is 9.97 Å². The van der Waals surface area contributed by atoms with Gasteiger partial charge in [0, 0.05) is 19.2 Å². The molecule has 114 valence electrons. The van der Waals surface area contributed by atoms with Gasteiger partial charge in [-0.05, 0) is 12.8 Å². The lowest BCUT2D eigenvalue weighted by molar-refractivity contribution is -0.141. The summed E-state index contributed by atoms with van der Waals surface area (Å²) in [4.78, 5) is 9.32. The normalized spacial score (nSPS) is 11.7. The molecule has 0 saturated heterocycles. The van der Waals surface area contributed by atoms with E-state index in [2.05, 4.69) is 9.97 Å². The van der Waals surface area contributed by atoms with E-state index in [-0.39, 0.29) is 11.1 Å². The van der Waals surface area contributed by atoms with E-state index in [0.29, 0.717) is 13.1 Å². The summed E-state index contributed by atoms with van der Waals surface area (Å²) in [5.74, 6) is 0.0618. The number of hydrogen-bond donors (Lipinski definition) is 0. The van der Waals surface area contributed by atoms with Crippen LogP contribution in [0.3, 0.4) is 0 Å². The largest absolute Gasteiger partial charge is 0.433 e. The smallest absolute Gasteiger partial charge is 0.341 e. The minimum absolute atomic E-state index is 0.0618. The molecule has 3 nitrogen and oxygen atoms in total. The van der Waals surface area contributed by atoms with Gasteiger partial charge in [0.1, 0.15) is 5.15 Å². The molecule has 0 radical (unpaired) electrons. The zero-order valence-electron chi connectivity index (χ0n) is 11.7. The molecule has 0 aliphatic heterocycles. The molecular weight excluding hydrogens is 291 g/mol. The fourth-order valence-corrected chi connectivity index (χ4v) is 1.88. The second-order valence-electron chi connectivity index (χ2n) is 4.57. The molecule has 20 heavy (non-hydrogen) atoms. The lowest BCUT2D eigenvalue weighted by atomic mass is 10.3. The second-order valence-corrected chi connectivity index (χ2v) is 4.96. The highest BCUT2D eigenvalue weighted by Gasteiger charge is 2.34. The van der Waals surface area contributed by atoms with Gasteiger partial charge in [-0.15, -0.1) is 0 Å². The number of hydrogen-bond acceptors (Lipinski definition) is 3. The summed E-state index contributed by atoms with van der Waals surface area (Å²) in [6.07, 6.45) is -0.852. The zero-order valence-corrected chi connectivity index (χ0v) is 12.4. The van der Waals surface area contributed by atoms with Crippen molar-refractivity contribution >= 4 is 17.5 Å². The monoisotopic (exact) mass is 309 g/mol. The van der Waals surface area contributed by atoms with Crippen molar-refractivity contribution in [2.75, 3.05) is 18.0 Å². The van der Waals surface area contributed by atoms with Crippen molar-refractivity contribution in [1.29, 1.82) is 0 Å². The van der Waals surface area contributed by atoms with Gasteiger partial charge in [-0.2, -0.15) is 13.2 Å².